The molecule has 114 valence electrons. The molecule has 3 rings (SSSR count). The van der Waals surface area contributed by atoms with Crippen LogP contribution in [0.3, 0.4) is 0 Å². The molecule has 1 aliphatic heterocycles. The molecule has 1 aliphatic carbocycles. The first-order valence-electron chi connectivity index (χ1n) is 7.70. The van der Waals surface area contributed by atoms with Crippen LogP contribution in [0, 0.1) is 0 Å². The second kappa shape index (κ2) is 6.52. The molecule has 1 aromatic rings. The molecular formula is C16H22N2O2S. The van der Waals surface area contributed by atoms with E-state index in [0.29, 0.717) is 12.6 Å². The first kappa shape index (κ1) is 14.4. The summed E-state index contributed by atoms with van der Waals surface area (Å²) < 4.78 is 11.8. The van der Waals surface area contributed by atoms with Crippen molar-refractivity contribution in [1.29, 1.82) is 0 Å². The van der Waals surface area contributed by atoms with Gasteiger partial charge in [-0.1, -0.05) is 19.1 Å². The number of para-hydroxylation sites is 2. The number of fused-ring (bicyclic) bond motifs is 1. The third kappa shape index (κ3) is 3.79. The van der Waals surface area contributed by atoms with Crippen molar-refractivity contribution in [3.8, 4) is 11.5 Å². The molecule has 2 aliphatic rings. The molecule has 0 saturated heterocycles. The minimum Gasteiger partial charge on any atom is -0.486 e. The van der Waals surface area contributed by atoms with Gasteiger partial charge in [-0.05, 0) is 43.6 Å². The number of benzene rings is 1. The lowest BCUT2D eigenvalue weighted by atomic mass is 10.2. The molecule has 1 N–H and O–H groups in total. The molecule has 0 amide bonds. The fourth-order valence-corrected chi connectivity index (χ4v) is 2.77. The average molecular weight is 306 g/mol. The summed E-state index contributed by atoms with van der Waals surface area (Å²) in [4.78, 5) is 2.20. The van der Waals surface area contributed by atoms with E-state index < -0.39 is 0 Å². The molecule has 0 aromatic heterocycles. The number of hydrogen-bond acceptors (Lipinski definition) is 3. The van der Waals surface area contributed by atoms with Crippen molar-refractivity contribution in [1.82, 2.24) is 10.2 Å². The van der Waals surface area contributed by atoms with E-state index in [-0.39, 0.29) is 6.10 Å². The van der Waals surface area contributed by atoms with Gasteiger partial charge in [-0.3, -0.25) is 0 Å². The molecule has 1 fully saturated rings. The second-order valence-electron chi connectivity index (χ2n) is 5.67. The van der Waals surface area contributed by atoms with Crippen molar-refractivity contribution in [2.75, 3.05) is 19.7 Å². The molecule has 1 heterocycles. The largest absolute Gasteiger partial charge is 0.486 e. The summed E-state index contributed by atoms with van der Waals surface area (Å²) in [5, 5.41) is 4.26. The molecule has 0 bridgehead atoms. The second-order valence-corrected chi connectivity index (χ2v) is 6.05. The summed E-state index contributed by atoms with van der Waals surface area (Å²) >= 11 is 5.52. The van der Waals surface area contributed by atoms with Gasteiger partial charge in [0.25, 0.3) is 0 Å². The van der Waals surface area contributed by atoms with Gasteiger partial charge in [0.2, 0.25) is 0 Å². The monoisotopic (exact) mass is 306 g/mol. The predicted molar refractivity (Wildman–Crippen MR) is 87.0 cm³/mol. The van der Waals surface area contributed by atoms with Crippen LogP contribution in [-0.2, 0) is 0 Å². The van der Waals surface area contributed by atoms with Gasteiger partial charge in [0.1, 0.15) is 6.61 Å². The Labute approximate surface area is 131 Å². The van der Waals surface area contributed by atoms with Crippen LogP contribution in [0.2, 0.25) is 0 Å². The molecule has 1 saturated carbocycles. The van der Waals surface area contributed by atoms with Crippen molar-refractivity contribution < 1.29 is 9.47 Å². The fraction of sp³-hybridized carbons (Fsp3) is 0.562. The summed E-state index contributed by atoms with van der Waals surface area (Å²) in [7, 11) is 0. The number of nitrogens with zero attached hydrogens (tertiary/aromatic N) is 1. The Morgan fingerprint density at radius 3 is 2.81 bits per heavy atom. The SMILES string of the molecule is CCCN(C[C@@H]1COc2ccccc2O1)C(=S)NC1CC1. The Morgan fingerprint density at radius 1 is 1.33 bits per heavy atom. The van der Waals surface area contributed by atoms with Gasteiger partial charge in [0.15, 0.2) is 22.7 Å². The van der Waals surface area contributed by atoms with Gasteiger partial charge in [-0.25, -0.2) is 0 Å². The minimum absolute atomic E-state index is 0.0189. The normalized spacial score (nSPS) is 20.0. The van der Waals surface area contributed by atoms with Crippen molar-refractivity contribution >= 4 is 17.3 Å². The smallest absolute Gasteiger partial charge is 0.169 e. The third-order valence-electron chi connectivity index (χ3n) is 3.68. The number of thiocarbonyl (C=S) groups is 1. The average Bonchev–Trinajstić information content (AvgIpc) is 3.30. The van der Waals surface area contributed by atoms with Gasteiger partial charge in [0.05, 0.1) is 6.54 Å². The van der Waals surface area contributed by atoms with E-state index >= 15 is 0 Å². The zero-order valence-corrected chi connectivity index (χ0v) is 13.2. The van der Waals surface area contributed by atoms with E-state index in [1.54, 1.807) is 0 Å². The van der Waals surface area contributed by atoms with E-state index in [4.69, 9.17) is 21.7 Å². The maximum absolute atomic E-state index is 6.03. The summed E-state index contributed by atoms with van der Waals surface area (Å²) in [5.74, 6) is 1.65. The topological polar surface area (TPSA) is 33.7 Å². The minimum atomic E-state index is 0.0189. The number of hydrogen-bond donors (Lipinski definition) is 1. The lowest BCUT2D eigenvalue weighted by Crippen LogP contribution is -2.48. The van der Waals surface area contributed by atoms with Crippen LogP contribution in [0.15, 0.2) is 24.3 Å². The van der Waals surface area contributed by atoms with Crippen LogP contribution in [-0.4, -0.2) is 41.9 Å². The fourth-order valence-electron chi connectivity index (χ4n) is 2.44. The molecule has 4 nitrogen and oxygen atoms in total. The van der Waals surface area contributed by atoms with Gasteiger partial charge in [-0.2, -0.15) is 0 Å². The van der Waals surface area contributed by atoms with E-state index in [9.17, 15) is 0 Å². The van der Waals surface area contributed by atoms with E-state index in [1.165, 1.54) is 12.8 Å². The Kier molecular flexibility index (Phi) is 4.48. The van der Waals surface area contributed by atoms with Crippen LogP contribution in [0.1, 0.15) is 26.2 Å². The first-order chi connectivity index (χ1) is 10.3. The Hall–Kier alpha value is -1.49. The highest BCUT2D eigenvalue weighted by Gasteiger charge is 2.27. The van der Waals surface area contributed by atoms with Crippen LogP contribution in [0.5, 0.6) is 11.5 Å². The van der Waals surface area contributed by atoms with Crippen LogP contribution in [0.4, 0.5) is 0 Å². The maximum atomic E-state index is 6.03. The number of ether oxygens (including phenoxy) is 2. The van der Waals surface area contributed by atoms with Crippen molar-refractivity contribution in [3.05, 3.63) is 24.3 Å². The van der Waals surface area contributed by atoms with E-state index in [0.717, 1.165) is 36.1 Å². The zero-order valence-electron chi connectivity index (χ0n) is 12.4. The van der Waals surface area contributed by atoms with Gasteiger partial charge < -0.3 is 19.7 Å². The van der Waals surface area contributed by atoms with Crippen molar-refractivity contribution in [2.45, 2.75) is 38.3 Å². The Morgan fingerprint density at radius 2 is 2.10 bits per heavy atom. The summed E-state index contributed by atoms with van der Waals surface area (Å²) in [6, 6.07) is 8.40. The lowest BCUT2D eigenvalue weighted by molar-refractivity contribution is 0.0740. The van der Waals surface area contributed by atoms with Crippen LogP contribution < -0.4 is 14.8 Å². The van der Waals surface area contributed by atoms with Gasteiger partial charge in [-0.15, -0.1) is 0 Å². The van der Waals surface area contributed by atoms with Crippen LogP contribution >= 0.6 is 12.2 Å². The molecule has 0 unspecified atom stereocenters. The highest BCUT2D eigenvalue weighted by Crippen LogP contribution is 2.31. The first-order valence-corrected chi connectivity index (χ1v) is 8.11. The highest BCUT2D eigenvalue weighted by molar-refractivity contribution is 7.80. The third-order valence-corrected chi connectivity index (χ3v) is 4.05. The summed E-state index contributed by atoms with van der Waals surface area (Å²) in [6.07, 6.45) is 3.55. The van der Waals surface area contributed by atoms with Gasteiger partial charge in [0, 0.05) is 12.6 Å². The molecule has 0 spiro atoms. The van der Waals surface area contributed by atoms with Crippen LogP contribution in [0.25, 0.3) is 0 Å². The Bertz CT molecular complexity index is 505. The zero-order chi connectivity index (χ0) is 14.7. The predicted octanol–water partition coefficient (Wildman–Crippen LogP) is 2.58. The van der Waals surface area contributed by atoms with E-state index in [2.05, 4.69) is 17.1 Å². The maximum Gasteiger partial charge on any atom is 0.169 e. The molecular weight excluding hydrogens is 284 g/mol. The Balaban J connectivity index is 1.59. The van der Waals surface area contributed by atoms with E-state index in [1.807, 2.05) is 24.3 Å². The number of rotatable bonds is 5. The number of nitrogens with one attached hydrogen (secondary N) is 1. The van der Waals surface area contributed by atoms with Gasteiger partial charge >= 0.3 is 0 Å². The molecule has 5 heteroatoms. The summed E-state index contributed by atoms with van der Waals surface area (Å²) in [6.45, 7) is 4.45. The molecule has 1 aromatic carbocycles. The highest BCUT2D eigenvalue weighted by atomic mass is 32.1. The van der Waals surface area contributed by atoms with Crippen molar-refractivity contribution in [3.63, 3.8) is 0 Å². The summed E-state index contributed by atoms with van der Waals surface area (Å²) in [5.41, 5.74) is 0. The standard InChI is InChI=1S/C16H22N2O2S/c1-2-9-18(16(21)17-12-7-8-12)10-13-11-19-14-5-3-4-6-15(14)20-13/h3-6,12-13H,2,7-11H2,1H3,(H,17,21)/t13-/m1/s1. The molecule has 1 atom stereocenters. The molecule has 21 heavy (non-hydrogen) atoms. The quantitative estimate of drug-likeness (QED) is 0.846. The lowest BCUT2D eigenvalue weighted by Gasteiger charge is -2.32. The molecule has 0 radical (unpaired) electrons. The van der Waals surface area contributed by atoms with Crippen molar-refractivity contribution in [2.24, 2.45) is 0 Å².